The van der Waals surface area contributed by atoms with Gasteiger partial charge < -0.3 is 5.11 Å². The zero-order valence-electron chi connectivity index (χ0n) is 13.2. The molecular formula is C19H19Br2NO2. The summed E-state index contributed by atoms with van der Waals surface area (Å²) in [4.78, 5) is 14.0. The number of hydrogen-bond donors (Lipinski definition) is 1. The lowest BCUT2D eigenvalue weighted by atomic mass is 9.92. The Hall–Kier alpha value is -1.17. The van der Waals surface area contributed by atoms with Gasteiger partial charge in [0.1, 0.15) is 6.04 Å². The lowest BCUT2D eigenvalue weighted by Gasteiger charge is -2.40. The van der Waals surface area contributed by atoms with Gasteiger partial charge in [0.2, 0.25) is 0 Å². The molecule has 0 aromatic heterocycles. The maximum absolute atomic E-state index is 11.8. The summed E-state index contributed by atoms with van der Waals surface area (Å²) in [5.41, 5.74) is 2.20. The van der Waals surface area contributed by atoms with E-state index in [1.807, 2.05) is 30.3 Å². The second kappa shape index (κ2) is 7.81. The molecule has 0 aliphatic carbocycles. The highest BCUT2D eigenvalue weighted by Crippen LogP contribution is 2.38. The Morgan fingerprint density at radius 2 is 1.92 bits per heavy atom. The van der Waals surface area contributed by atoms with E-state index < -0.39 is 12.0 Å². The monoisotopic (exact) mass is 451 g/mol. The number of aliphatic carboxylic acids is 1. The molecule has 3 nitrogen and oxygen atoms in total. The van der Waals surface area contributed by atoms with Crippen LogP contribution in [0.15, 0.2) is 57.5 Å². The van der Waals surface area contributed by atoms with E-state index in [9.17, 15) is 9.90 Å². The van der Waals surface area contributed by atoms with Gasteiger partial charge in [0.25, 0.3) is 0 Å². The molecule has 1 aliphatic heterocycles. The number of benzene rings is 2. The highest BCUT2D eigenvalue weighted by atomic mass is 79.9. The van der Waals surface area contributed by atoms with Gasteiger partial charge in [0.15, 0.2) is 0 Å². The molecule has 126 valence electrons. The Labute approximate surface area is 158 Å². The van der Waals surface area contributed by atoms with Crippen LogP contribution in [0.4, 0.5) is 0 Å². The molecule has 0 radical (unpaired) electrons. The van der Waals surface area contributed by atoms with E-state index in [4.69, 9.17) is 0 Å². The summed E-state index contributed by atoms with van der Waals surface area (Å²) < 4.78 is 2.01. The molecule has 0 bridgehead atoms. The number of likely N-dealkylation sites (tertiary alicyclic amines) is 1. The first-order valence-corrected chi connectivity index (χ1v) is 9.65. The van der Waals surface area contributed by atoms with Crippen LogP contribution in [0.5, 0.6) is 0 Å². The van der Waals surface area contributed by atoms with Crippen LogP contribution in [0.2, 0.25) is 0 Å². The average Bonchev–Trinajstić information content (AvgIpc) is 2.57. The van der Waals surface area contributed by atoms with Crippen molar-refractivity contribution in [3.8, 4) is 0 Å². The van der Waals surface area contributed by atoms with E-state index in [1.54, 1.807) is 0 Å². The van der Waals surface area contributed by atoms with Crippen LogP contribution in [0, 0.1) is 0 Å². The van der Waals surface area contributed by atoms with Crippen LogP contribution in [0.1, 0.15) is 36.4 Å². The molecule has 2 atom stereocenters. The van der Waals surface area contributed by atoms with E-state index in [0.717, 1.165) is 39.5 Å². The Morgan fingerprint density at radius 3 is 2.62 bits per heavy atom. The minimum atomic E-state index is -0.734. The third-order valence-corrected chi connectivity index (χ3v) is 5.74. The van der Waals surface area contributed by atoms with Crippen LogP contribution in [0.25, 0.3) is 0 Å². The predicted octanol–water partition coefficient (Wildman–Crippen LogP) is 5.24. The summed E-state index contributed by atoms with van der Waals surface area (Å²) in [5.74, 6) is -0.734. The molecule has 1 saturated heterocycles. The SMILES string of the molecule is O=C(O)C1CCCCN1C(c1cccc(Br)c1)c1ccccc1Br. The number of carboxylic acids is 1. The molecule has 2 unspecified atom stereocenters. The first-order chi connectivity index (χ1) is 11.6. The van der Waals surface area contributed by atoms with Crippen LogP contribution < -0.4 is 0 Å². The van der Waals surface area contributed by atoms with E-state index in [2.05, 4.69) is 55.0 Å². The highest BCUT2D eigenvalue weighted by molar-refractivity contribution is 9.10. The molecule has 1 N–H and O–H groups in total. The van der Waals surface area contributed by atoms with Crippen molar-refractivity contribution in [2.75, 3.05) is 6.54 Å². The van der Waals surface area contributed by atoms with E-state index in [0.29, 0.717) is 6.42 Å². The van der Waals surface area contributed by atoms with Crippen molar-refractivity contribution in [1.29, 1.82) is 0 Å². The van der Waals surface area contributed by atoms with Gasteiger partial charge >= 0.3 is 5.97 Å². The standard InChI is InChI=1S/C19H19Br2NO2/c20-14-7-5-6-13(12-14)18(15-8-1-2-9-16(15)21)22-11-4-3-10-17(22)19(23)24/h1-2,5-9,12,17-18H,3-4,10-11H2,(H,23,24). The van der Waals surface area contributed by atoms with Gasteiger partial charge in [-0.25, -0.2) is 0 Å². The molecule has 0 amide bonds. The van der Waals surface area contributed by atoms with Gasteiger partial charge in [-0.2, -0.15) is 0 Å². The van der Waals surface area contributed by atoms with Crippen LogP contribution in [-0.4, -0.2) is 28.6 Å². The summed E-state index contributed by atoms with van der Waals surface area (Å²) >= 11 is 7.19. The second-order valence-corrected chi connectivity index (χ2v) is 7.84. The van der Waals surface area contributed by atoms with Crippen molar-refractivity contribution in [3.05, 3.63) is 68.6 Å². The van der Waals surface area contributed by atoms with Gasteiger partial charge in [-0.3, -0.25) is 9.69 Å². The van der Waals surface area contributed by atoms with Crippen molar-refractivity contribution in [2.45, 2.75) is 31.3 Å². The quantitative estimate of drug-likeness (QED) is 0.689. The molecule has 1 fully saturated rings. The van der Waals surface area contributed by atoms with Crippen molar-refractivity contribution in [2.24, 2.45) is 0 Å². The summed E-state index contributed by atoms with van der Waals surface area (Å²) in [7, 11) is 0. The smallest absolute Gasteiger partial charge is 0.320 e. The van der Waals surface area contributed by atoms with Crippen LogP contribution >= 0.6 is 31.9 Å². The number of halogens is 2. The fourth-order valence-corrected chi connectivity index (χ4v) is 4.37. The number of rotatable bonds is 4. The molecule has 1 heterocycles. The van der Waals surface area contributed by atoms with Crippen LogP contribution in [0.3, 0.4) is 0 Å². The zero-order valence-corrected chi connectivity index (χ0v) is 16.3. The summed E-state index contributed by atoms with van der Waals surface area (Å²) in [6, 6.07) is 15.7. The Bertz CT molecular complexity index is 735. The molecule has 5 heteroatoms. The highest BCUT2D eigenvalue weighted by Gasteiger charge is 2.35. The summed E-state index contributed by atoms with van der Waals surface area (Å²) in [5, 5.41) is 9.71. The number of piperidine rings is 1. The first kappa shape index (κ1) is 17.6. The molecule has 0 saturated carbocycles. The molecule has 24 heavy (non-hydrogen) atoms. The topological polar surface area (TPSA) is 40.5 Å². The molecule has 3 rings (SSSR count). The number of nitrogens with zero attached hydrogens (tertiary/aromatic N) is 1. The van der Waals surface area contributed by atoms with Crippen molar-refractivity contribution >= 4 is 37.8 Å². The lowest BCUT2D eigenvalue weighted by molar-refractivity contribution is -0.145. The molecular weight excluding hydrogens is 434 g/mol. The Balaban J connectivity index is 2.11. The molecule has 1 aliphatic rings. The average molecular weight is 453 g/mol. The summed E-state index contributed by atoms with van der Waals surface area (Å²) in [6.45, 7) is 0.787. The van der Waals surface area contributed by atoms with E-state index in [1.165, 1.54) is 0 Å². The number of carbonyl (C=O) groups is 1. The molecule has 2 aromatic carbocycles. The minimum absolute atomic E-state index is 0.0838. The largest absolute Gasteiger partial charge is 0.480 e. The Kier molecular flexibility index (Phi) is 5.74. The fourth-order valence-electron chi connectivity index (χ4n) is 3.45. The molecule has 0 spiro atoms. The number of carboxylic acid groups (broad SMARTS) is 1. The maximum atomic E-state index is 11.8. The minimum Gasteiger partial charge on any atom is -0.480 e. The summed E-state index contributed by atoms with van der Waals surface area (Å²) in [6.07, 6.45) is 2.69. The van der Waals surface area contributed by atoms with Crippen molar-refractivity contribution in [1.82, 2.24) is 4.90 Å². The van der Waals surface area contributed by atoms with Gasteiger partial charge in [-0.15, -0.1) is 0 Å². The van der Waals surface area contributed by atoms with Crippen molar-refractivity contribution in [3.63, 3.8) is 0 Å². The third kappa shape index (κ3) is 3.73. The normalized spacial score (nSPS) is 19.8. The molecule has 2 aromatic rings. The van der Waals surface area contributed by atoms with Gasteiger partial charge in [-0.1, -0.05) is 68.6 Å². The maximum Gasteiger partial charge on any atom is 0.320 e. The number of hydrogen-bond acceptors (Lipinski definition) is 2. The first-order valence-electron chi connectivity index (χ1n) is 8.06. The van der Waals surface area contributed by atoms with Gasteiger partial charge in [-0.05, 0) is 48.7 Å². The van der Waals surface area contributed by atoms with Gasteiger partial charge in [0.05, 0.1) is 6.04 Å². The second-order valence-electron chi connectivity index (χ2n) is 6.07. The van der Waals surface area contributed by atoms with Crippen molar-refractivity contribution < 1.29 is 9.90 Å². The third-order valence-electron chi connectivity index (χ3n) is 4.53. The lowest BCUT2D eigenvalue weighted by Crippen LogP contribution is -2.46. The van der Waals surface area contributed by atoms with E-state index >= 15 is 0 Å². The predicted molar refractivity (Wildman–Crippen MR) is 102 cm³/mol. The fraction of sp³-hybridized carbons (Fsp3) is 0.316. The zero-order chi connectivity index (χ0) is 17.1. The van der Waals surface area contributed by atoms with Gasteiger partial charge in [0, 0.05) is 8.95 Å². The Morgan fingerprint density at radius 1 is 1.12 bits per heavy atom. The van der Waals surface area contributed by atoms with E-state index in [-0.39, 0.29) is 6.04 Å². The van der Waals surface area contributed by atoms with Crippen LogP contribution in [-0.2, 0) is 4.79 Å².